The number of hydrogen-bond donors (Lipinski definition) is 2. The van der Waals surface area contributed by atoms with E-state index in [1.165, 1.54) is 0 Å². The Bertz CT molecular complexity index is 134. The molecule has 0 bridgehead atoms. The largest absolute Gasteiger partial charge is 0.362 e. The summed E-state index contributed by atoms with van der Waals surface area (Å²) in [7, 11) is 0. The molecule has 0 radical (unpaired) electrons. The summed E-state index contributed by atoms with van der Waals surface area (Å²) in [5, 5.41) is 7.15. The topological polar surface area (TPSA) is 24.1 Å². The molecule has 0 aromatic heterocycles. The predicted octanol–water partition coefficient (Wildman–Crippen LogP) is 1.91. The lowest BCUT2D eigenvalue weighted by Gasteiger charge is -2.16. The first-order valence-corrected chi connectivity index (χ1v) is 5.01. The van der Waals surface area contributed by atoms with Crippen molar-refractivity contribution in [1.82, 2.24) is 10.6 Å². The van der Waals surface area contributed by atoms with Gasteiger partial charge in [-0.3, -0.25) is 0 Å². The number of thiocarbonyl (C=S) groups is 1. The molecule has 0 aliphatic rings. The third-order valence-electron chi connectivity index (χ3n) is 1.66. The van der Waals surface area contributed by atoms with Crippen molar-refractivity contribution in [3.8, 4) is 0 Å². The quantitative estimate of drug-likeness (QED) is 0.659. The third-order valence-corrected chi connectivity index (χ3v) is 1.92. The van der Waals surface area contributed by atoms with Crippen LogP contribution in [0.25, 0.3) is 0 Å². The highest BCUT2D eigenvalue weighted by atomic mass is 32.1. The summed E-state index contributed by atoms with van der Waals surface area (Å²) in [6, 6.07) is 0.470. The first kappa shape index (κ1) is 11.7. The van der Waals surface area contributed by atoms with Crippen LogP contribution < -0.4 is 10.6 Å². The minimum atomic E-state index is 0.470. The second kappa shape index (κ2) is 6.23. The Balaban J connectivity index is 3.46. The first-order valence-electron chi connectivity index (χ1n) is 4.60. The molecule has 0 aromatic rings. The van der Waals surface area contributed by atoms with E-state index in [2.05, 4.69) is 38.3 Å². The molecule has 3 heteroatoms. The summed E-state index contributed by atoms with van der Waals surface area (Å²) in [4.78, 5) is 0. The van der Waals surface area contributed by atoms with Gasteiger partial charge in [0, 0.05) is 12.6 Å². The Morgan fingerprint density at radius 1 is 1.33 bits per heavy atom. The fraction of sp³-hybridized carbons (Fsp3) is 0.889. The van der Waals surface area contributed by atoms with Crippen molar-refractivity contribution in [2.45, 2.75) is 40.2 Å². The van der Waals surface area contributed by atoms with E-state index in [1.54, 1.807) is 0 Å². The molecule has 0 rings (SSSR count). The summed E-state index contributed by atoms with van der Waals surface area (Å²) in [5.41, 5.74) is 0. The minimum Gasteiger partial charge on any atom is -0.362 e. The fourth-order valence-electron chi connectivity index (χ4n) is 0.674. The molecule has 1 atom stereocenters. The van der Waals surface area contributed by atoms with Crippen LogP contribution in [0.5, 0.6) is 0 Å². The van der Waals surface area contributed by atoms with Crippen LogP contribution in [0.3, 0.4) is 0 Å². The third kappa shape index (κ3) is 6.40. The zero-order chi connectivity index (χ0) is 9.56. The van der Waals surface area contributed by atoms with Crippen molar-refractivity contribution < 1.29 is 0 Å². The van der Waals surface area contributed by atoms with Gasteiger partial charge in [0.25, 0.3) is 0 Å². The molecule has 0 aliphatic heterocycles. The van der Waals surface area contributed by atoms with Gasteiger partial charge in [-0.25, -0.2) is 0 Å². The van der Waals surface area contributed by atoms with Crippen molar-refractivity contribution in [3.05, 3.63) is 0 Å². The second-order valence-electron chi connectivity index (χ2n) is 3.56. The molecule has 0 amide bonds. The molecule has 12 heavy (non-hydrogen) atoms. The zero-order valence-corrected chi connectivity index (χ0v) is 9.29. The smallest absolute Gasteiger partial charge is 0.166 e. The van der Waals surface area contributed by atoms with Crippen LogP contribution in [0, 0.1) is 5.92 Å². The Morgan fingerprint density at radius 3 is 2.33 bits per heavy atom. The molecule has 0 heterocycles. The van der Waals surface area contributed by atoms with Gasteiger partial charge < -0.3 is 10.6 Å². The first-order chi connectivity index (χ1) is 5.56. The van der Waals surface area contributed by atoms with Crippen molar-refractivity contribution in [1.29, 1.82) is 0 Å². The fourth-order valence-corrected chi connectivity index (χ4v) is 0.958. The maximum Gasteiger partial charge on any atom is 0.166 e. The predicted molar refractivity (Wildman–Crippen MR) is 58.3 cm³/mol. The van der Waals surface area contributed by atoms with Crippen LogP contribution in [0.4, 0.5) is 0 Å². The highest BCUT2D eigenvalue weighted by Crippen LogP contribution is 1.89. The lowest BCUT2D eigenvalue weighted by molar-refractivity contribution is 0.595. The minimum absolute atomic E-state index is 0.470. The van der Waals surface area contributed by atoms with E-state index in [4.69, 9.17) is 12.2 Å². The number of rotatable bonds is 4. The molecule has 2 nitrogen and oxygen atoms in total. The Hall–Kier alpha value is -0.310. The van der Waals surface area contributed by atoms with Crippen LogP contribution in [0.15, 0.2) is 0 Å². The Kier molecular flexibility index (Phi) is 6.07. The normalized spacial score (nSPS) is 12.8. The van der Waals surface area contributed by atoms with Crippen LogP contribution in [0.1, 0.15) is 34.1 Å². The number of nitrogens with one attached hydrogen (secondary N) is 2. The molecule has 0 saturated heterocycles. The van der Waals surface area contributed by atoms with E-state index in [9.17, 15) is 0 Å². The molecule has 2 N–H and O–H groups in total. The SMILES string of the molecule is CC[C@H](C)NC(=S)NCC(C)C. The van der Waals surface area contributed by atoms with E-state index >= 15 is 0 Å². The van der Waals surface area contributed by atoms with Crippen molar-refractivity contribution in [2.75, 3.05) is 6.54 Å². The lowest BCUT2D eigenvalue weighted by atomic mass is 10.2. The van der Waals surface area contributed by atoms with Gasteiger partial charge in [0.05, 0.1) is 0 Å². The zero-order valence-electron chi connectivity index (χ0n) is 8.48. The van der Waals surface area contributed by atoms with Gasteiger partial charge in [-0.05, 0) is 31.5 Å². The van der Waals surface area contributed by atoms with Crippen LogP contribution in [-0.2, 0) is 0 Å². The van der Waals surface area contributed by atoms with Gasteiger partial charge in [0.1, 0.15) is 0 Å². The van der Waals surface area contributed by atoms with Crippen LogP contribution >= 0.6 is 12.2 Å². The van der Waals surface area contributed by atoms with Crippen LogP contribution in [0.2, 0.25) is 0 Å². The monoisotopic (exact) mass is 188 g/mol. The van der Waals surface area contributed by atoms with Crippen molar-refractivity contribution in [2.24, 2.45) is 5.92 Å². The molecule has 0 spiro atoms. The Labute approximate surface area is 81.1 Å². The van der Waals surface area contributed by atoms with Crippen molar-refractivity contribution in [3.63, 3.8) is 0 Å². The highest BCUT2D eigenvalue weighted by Gasteiger charge is 2.00. The van der Waals surface area contributed by atoms with Gasteiger partial charge >= 0.3 is 0 Å². The average Bonchev–Trinajstić information content (AvgIpc) is 2.00. The lowest BCUT2D eigenvalue weighted by Crippen LogP contribution is -2.41. The molecular weight excluding hydrogens is 168 g/mol. The maximum atomic E-state index is 5.09. The summed E-state index contributed by atoms with van der Waals surface area (Å²) < 4.78 is 0. The molecule has 0 saturated carbocycles. The van der Waals surface area contributed by atoms with Gasteiger partial charge in [0.15, 0.2) is 5.11 Å². The molecule has 0 aliphatic carbocycles. The maximum absolute atomic E-state index is 5.09. The summed E-state index contributed by atoms with van der Waals surface area (Å²) in [6.45, 7) is 9.55. The highest BCUT2D eigenvalue weighted by molar-refractivity contribution is 7.80. The van der Waals surface area contributed by atoms with Crippen molar-refractivity contribution >= 4 is 17.3 Å². The molecule has 0 fully saturated rings. The van der Waals surface area contributed by atoms with E-state index in [0.717, 1.165) is 18.1 Å². The number of hydrogen-bond acceptors (Lipinski definition) is 1. The van der Waals surface area contributed by atoms with Crippen LogP contribution in [-0.4, -0.2) is 17.7 Å². The summed E-state index contributed by atoms with van der Waals surface area (Å²) in [6.07, 6.45) is 1.10. The average molecular weight is 188 g/mol. The van der Waals surface area contributed by atoms with E-state index in [-0.39, 0.29) is 0 Å². The Morgan fingerprint density at radius 2 is 1.92 bits per heavy atom. The summed E-state index contributed by atoms with van der Waals surface area (Å²) >= 11 is 5.09. The van der Waals surface area contributed by atoms with E-state index in [1.807, 2.05) is 0 Å². The molecule has 0 unspecified atom stereocenters. The summed E-state index contributed by atoms with van der Waals surface area (Å²) in [5.74, 6) is 0.640. The van der Waals surface area contributed by atoms with E-state index < -0.39 is 0 Å². The molecule has 72 valence electrons. The molecule has 0 aromatic carbocycles. The van der Waals surface area contributed by atoms with Gasteiger partial charge in [-0.1, -0.05) is 20.8 Å². The second-order valence-corrected chi connectivity index (χ2v) is 3.97. The van der Waals surface area contributed by atoms with Gasteiger partial charge in [-0.15, -0.1) is 0 Å². The van der Waals surface area contributed by atoms with E-state index in [0.29, 0.717) is 12.0 Å². The molecular formula is C9H20N2S. The standard InChI is InChI=1S/C9H20N2S/c1-5-8(4)11-9(12)10-6-7(2)3/h7-8H,5-6H2,1-4H3,(H2,10,11,12)/t8-/m0/s1. The van der Waals surface area contributed by atoms with Gasteiger partial charge in [0.2, 0.25) is 0 Å². The van der Waals surface area contributed by atoms with Gasteiger partial charge in [-0.2, -0.15) is 0 Å².